The molecule has 0 bridgehead atoms. The molecule has 154 valence electrons. The van der Waals surface area contributed by atoms with Crippen LogP contribution >= 0.6 is 0 Å². The fraction of sp³-hybridized carbons (Fsp3) is 0. The van der Waals surface area contributed by atoms with Gasteiger partial charge >= 0.3 is 29.3 Å². The van der Waals surface area contributed by atoms with Gasteiger partial charge in [0, 0.05) is 5.39 Å². The number of carbonyl (C=O) groups is 5. The maximum atomic E-state index is 12.7. The van der Waals surface area contributed by atoms with E-state index in [1.807, 2.05) is 0 Å². The molecule has 31 heavy (non-hydrogen) atoms. The topological polar surface area (TPSA) is 174 Å². The van der Waals surface area contributed by atoms with Gasteiger partial charge in [0.2, 0.25) is 11.5 Å². The van der Waals surface area contributed by atoms with Gasteiger partial charge in [-0.15, -0.1) is 0 Å². The van der Waals surface area contributed by atoms with Gasteiger partial charge in [0.15, 0.2) is 11.3 Å². The third kappa shape index (κ3) is 3.09. The van der Waals surface area contributed by atoms with Crippen molar-refractivity contribution in [3.05, 3.63) is 63.5 Å². The number of Topliss-reactive ketones (excluding diaryl/α,β-unsaturated/α-hetero) is 2. The quantitative estimate of drug-likeness (QED) is 0.266. The smallest absolute Gasteiger partial charge is 0.388 e. The number of aromatic carboxylic acids is 1. The van der Waals surface area contributed by atoms with Gasteiger partial charge in [-0.2, -0.15) is 0 Å². The minimum atomic E-state index is -1.55. The van der Waals surface area contributed by atoms with E-state index in [0.717, 1.165) is 18.2 Å². The van der Waals surface area contributed by atoms with Crippen molar-refractivity contribution in [1.29, 1.82) is 0 Å². The van der Waals surface area contributed by atoms with Gasteiger partial charge < -0.3 is 24.1 Å². The molecule has 0 atom stereocenters. The highest BCUT2D eigenvalue weighted by Crippen LogP contribution is 2.36. The van der Waals surface area contributed by atoms with E-state index < -0.39 is 68.9 Å². The molecule has 0 saturated heterocycles. The molecule has 3 aromatic rings. The molecular formula is C20H8O11. The minimum Gasteiger partial charge on any atom is -0.504 e. The third-order valence-corrected chi connectivity index (χ3v) is 4.33. The average molecular weight is 424 g/mol. The highest BCUT2D eigenvalue weighted by atomic mass is 16.6. The summed E-state index contributed by atoms with van der Waals surface area (Å²) in [5.41, 5.74) is -3.33. The molecule has 0 fully saturated rings. The first-order valence-electron chi connectivity index (χ1n) is 8.38. The first-order valence-corrected chi connectivity index (χ1v) is 8.38. The number of esters is 2. The second kappa shape index (κ2) is 6.91. The molecule has 1 aliphatic heterocycles. The number of phenolic OH excluding ortho intramolecular Hbond substituents is 1. The summed E-state index contributed by atoms with van der Waals surface area (Å²) in [5.74, 6) is -8.54. The van der Waals surface area contributed by atoms with Crippen molar-refractivity contribution < 1.29 is 48.1 Å². The van der Waals surface area contributed by atoms with Crippen molar-refractivity contribution in [2.24, 2.45) is 0 Å². The van der Waals surface area contributed by atoms with Crippen molar-refractivity contribution in [3.8, 4) is 17.2 Å². The minimum absolute atomic E-state index is 0.0212. The first kappa shape index (κ1) is 19.5. The molecular weight excluding hydrogens is 416 g/mol. The van der Waals surface area contributed by atoms with Crippen LogP contribution in [0.2, 0.25) is 0 Å². The molecule has 11 nitrogen and oxygen atoms in total. The number of aromatic hydroxyl groups is 1. The number of fused-ring (bicyclic) bond motifs is 2. The lowest BCUT2D eigenvalue weighted by molar-refractivity contribution is -0.145. The molecule has 1 aromatic heterocycles. The van der Waals surface area contributed by atoms with Crippen LogP contribution in [0, 0.1) is 0 Å². The van der Waals surface area contributed by atoms with E-state index in [9.17, 15) is 33.9 Å². The number of hydrogen-bond acceptors (Lipinski definition) is 10. The summed E-state index contributed by atoms with van der Waals surface area (Å²) in [6.45, 7) is 0. The summed E-state index contributed by atoms with van der Waals surface area (Å²) in [4.78, 5) is 71.0. The number of hydrogen-bond donors (Lipinski definition) is 2. The van der Waals surface area contributed by atoms with Crippen LogP contribution < -0.4 is 15.1 Å². The fourth-order valence-corrected chi connectivity index (χ4v) is 2.92. The Morgan fingerprint density at radius 3 is 2.39 bits per heavy atom. The molecule has 0 radical (unpaired) electrons. The largest absolute Gasteiger partial charge is 0.504 e. The zero-order valence-corrected chi connectivity index (χ0v) is 15.0. The maximum Gasteiger partial charge on any atom is 0.388 e. The van der Waals surface area contributed by atoms with Crippen molar-refractivity contribution >= 4 is 40.4 Å². The Hall–Kier alpha value is -4.80. The Labute approximate surface area is 170 Å². The summed E-state index contributed by atoms with van der Waals surface area (Å²) in [7, 11) is 0. The number of ether oxygens (including phenoxy) is 2. The van der Waals surface area contributed by atoms with E-state index in [0.29, 0.717) is 0 Å². The van der Waals surface area contributed by atoms with Gasteiger partial charge in [0.05, 0.1) is 11.1 Å². The lowest BCUT2D eigenvalue weighted by atomic mass is 9.98. The van der Waals surface area contributed by atoms with Gasteiger partial charge in [0.25, 0.3) is 0 Å². The average Bonchev–Trinajstić information content (AvgIpc) is 2.73. The molecule has 0 saturated carbocycles. The zero-order chi connectivity index (χ0) is 22.4. The third-order valence-electron chi connectivity index (χ3n) is 4.33. The van der Waals surface area contributed by atoms with Gasteiger partial charge in [-0.25, -0.2) is 19.2 Å². The molecule has 0 aliphatic carbocycles. The van der Waals surface area contributed by atoms with Crippen LogP contribution in [-0.2, 0) is 9.59 Å². The van der Waals surface area contributed by atoms with Gasteiger partial charge in [0.1, 0.15) is 11.3 Å². The SMILES string of the molecule is O=C1Oc2cccc(C(=O)Oc3c(O)ccc4cc(C(=O)O)c(=O)oc34)c2C(=O)C1=O. The highest BCUT2D eigenvalue weighted by Gasteiger charge is 2.38. The summed E-state index contributed by atoms with van der Waals surface area (Å²) in [6, 6.07) is 6.82. The molecule has 2 N–H and O–H groups in total. The van der Waals surface area contributed by atoms with Crippen LogP contribution in [0.3, 0.4) is 0 Å². The fourth-order valence-electron chi connectivity index (χ4n) is 2.92. The van der Waals surface area contributed by atoms with Crippen molar-refractivity contribution in [2.75, 3.05) is 0 Å². The Morgan fingerprint density at radius 2 is 1.68 bits per heavy atom. The molecule has 0 amide bonds. The van der Waals surface area contributed by atoms with Gasteiger partial charge in [-0.05, 0) is 30.3 Å². The van der Waals surface area contributed by atoms with Gasteiger partial charge in [-0.3, -0.25) is 9.59 Å². The lowest BCUT2D eigenvalue weighted by Crippen LogP contribution is -2.35. The predicted octanol–water partition coefficient (Wildman–Crippen LogP) is 1.09. The second-order valence-corrected chi connectivity index (χ2v) is 6.20. The van der Waals surface area contributed by atoms with Crippen LogP contribution in [0.4, 0.5) is 0 Å². The van der Waals surface area contributed by atoms with E-state index >= 15 is 0 Å². The first-order chi connectivity index (χ1) is 14.7. The van der Waals surface area contributed by atoms with E-state index in [-0.39, 0.29) is 11.1 Å². The van der Waals surface area contributed by atoms with E-state index in [4.69, 9.17) is 19.0 Å². The van der Waals surface area contributed by atoms with Crippen molar-refractivity contribution in [2.45, 2.75) is 0 Å². The maximum absolute atomic E-state index is 12.7. The number of phenols is 1. The Bertz CT molecular complexity index is 1410. The monoisotopic (exact) mass is 424 g/mol. The summed E-state index contributed by atoms with van der Waals surface area (Å²) in [5, 5.41) is 19.1. The molecule has 1 aliphatic rings. The van der Waals surface area contributed by atoms with E-state index in [1.54, 1.807) is 0 Å². The molecule has 2 aromatic carbocycles. The Kier molecular flexibility index (Phi) is 4.35. The number of carboxylic acids is 1. The van der Waals surface area contributed by atoms with Crippen molar-refractivity contribution in [3.63, 3.8) is 0 Å². The zero-order valence-electron chi connectivity index (χ0n) is 15.0. The number of rotatable bonds is 3. The standard InChI is InChI=1S/C20H8O11/c21-10-5-4-7-6-9(17(24)25)19(27)30-15(7)16(10)31-18(26)8-2-1-3-11-12(8)13(22)14(23)20(28)29-11/h1-6,21H,(H,24,25). The van der Waals surface area contributed by atoms with Crippen LogP contribution in [0.15, 0.2) is 45.6 Å². The summed E-state index contributed by atoms with van der Waals surface area (Å²) >= 11 is 0. The van der Waals surface area contributed by atoms with Crippen LogP contribution in [0.5, 0.6) is 17.2 Å². The number of carboxylic acid groups (broad SMARTS) is 1. The lowest BCUT2D eigenvalue weighted by Gasteiger charge is -2.16. The molecule has 0 spiro atoms. The van der Waals surface area contributed by atoms with Crippen molar-refractivity contribution in [1.82, 2.24) is 0 Å². The normalized spacial score (nSPS) is 13.0. The van der Waals surface area contributed by atoms with Crippen LogP contribution in [0.25, 0.3) is 11.0 Å². The molecule has 4 rings (SSSR count). The second-order valence-electron chi connectivity index (χ2n) is 6.20. The number of benzene rings is 2. The number of ketones is 2. The predicted molar refractivity (Wildman–Crippen MR) is 97.5 cm³/mol. The van der Waals surface area contributed by atoms with Crippen LogP contribution in [-0.4, -0.2) is 39.7 Å². The molecule has 0 unspecified atom stereocenters. The molecule has 2 heterocycles. The Morgan fingerprint density at radius 1 is 0.935 bits per heavy atom. The Balaban J connectivity index is 1.82. The number of carbonyl (C=O) groups excluding carboxylic acids is 4. The summed E-state index contributed by atoms with van der Waals surface area (Å²) in [6.07, 6.45) is 0. The van der Waals surface area contributed by atoms with E-state index in [2.05, 4.69) is 0 Å². The van der Waals surface area contributed by atoms with Gasteiger partial charge in [-0.1, -0.05) is 6.07 Å². The summed E-state index contributed by atoms with van der Waals surface area (Å²) < 4.78 is 14.7. The highest BCUT2D eigenvalue weighted by molar-refractivity contribution is 6.67. The van der Waals surface area contributed by atoms with E-state index in [1.165, 1.54) is 18.2 Å². The molecule has 11 heteroatoms. The van der Waals surface area contributed by atoms with Crippen LogP contribution in [0.1, 0.15) is 31.1 Å².